The SMILES string of the molecule is O=C([C@@H]1CC(=O)N(c2ccc(F)cc2)C1)N1CC(CF)C1. The molecule has 6 heteroatoms. The van der Waals surface area contributed by atoms with Gasteiger partial charge in [0.2, 0.25) is 11.8 Å². The summed E-state index contributed by atoms with van der Waals surface area (Å²) in [6.45, 7) is 0.780. The van der Waals surface area contributed by atoms with Crippen LogP contribution in [-0.2, 0) is 9.59 Å². The molecule has 1 aromatic carbocycles. The normalized spacial score (nSPS) is 22.6. The number of nitrogens with zero attached hydrogens (tertiary/aromatic N) is 2. The van der Waals surface area contributed by atoms with Gasteiger partial charge < -0.3 is 9.80 Å². The maximum Gasteiger partial charge on any atom is 0.228 e. The van der Waals surface area contributed by atoms with E-state index in [1.165, 1.54) is 29.2 Å². The van der Waals surface area contributed by atoms with Crippen molar-refractivity contribution in [2.75, 3.05) is 31.2 Å². The molecular formula is C15H16F2N2O2. The quantitative estimate of drug-likeness (QED) is 0.850. The summed E-state index contributed by atoms with van der Waals surface area (Å²) in [6, 6.07) is 5.64. The van der Waals surface area contributed by atoms with E-state index in [1.807, 2.05) is 0 Å². The third-order valence-electron chi connectivity index (χ3n) is 4.10. The fraction of sp³-hybridized carbons (Fsp3) is 0.467. The van der Waals surface area contributed by atoms with Crippen LogP contribution in [0.5, 0.6) is 0 Å². The zero-order valence-electron chi connectivity index (χ0n) is 11.5. The van der Waals surface area contributed by atoms with Crippen molar-refractivity contribution < 1.29 is 18.4 Å². The number of carbonyl (C=O) groups excluding carboxylic acids is 2. The van der Waals surface area contributed by atoms with Crippen molar-refractivity contribution in [3.05, 3.63) is 30.1 Å². The molecule has 2 heterocycles. The van der Waals surface area contributed by atoms with Gasteiger partial charge in [0.15, 0.2) is 0 Å². The van der Waals surface area contributed by atoms with E-state index in [1.54, 1.807) is 4.90 Å². The van der Waals surface area contributed by atoms with Crippen molar-refractivity contribution in [3.63, 3.8) is 0 Å². The minimum Gasteiger partial charge on any atom is -0.342 e. The van der Waals surface area contributed by atoms with Crippen LogP contribution in [0.15, 0.2) is 24.3 Å². The molecule has 2 aliphatic rings. The van der Waals surface area contributed by atoms with Gasteiger partial charge in [0.05, 0.1) is 12.6 Å². The molecule has 2 amide bonds. The Bertz CT molecular complexity index is 555. The van der Waals surface area contributed by atoms with Crippen LogP contribution < -0.4 is 4.90 Å². The first-order valence-corrected chi connectivity index (χ1v) is 6.99. The zero-order valence-corrected chi connectivity index (χ0v) is 11.5. The van der Waals surface area contributed by atoms with E-state index in [0.29, 0.717) is 25.3 Å². The summed E-state index contributed by atoms with van der Waals surface area (Å²) in [4.78, 5) is 27.4. The number of hydrogen-bond acceptors (Lipinski definition) is 2. The average Bonchev–Trinajstić information content (AvgIpc) is 2.80. The van der Waals surface area contributed by atoms with E-state index >= 15 is 0 Å². The lowest BCUT2D eigenvalue weighted by Gasteiger charge is -2.39. The topological polar surface area (TPSA) is 40.6 Å². The molecule has 0 aliphatic carbocycles. The van der Waals surface area contributed by atoms with Crippen LogP contribution in [0.1, 0.15) is 6.42 Å². The van der Waals surface area contributed by atoms with E-state index < -0.39 is 6.67 Å². The summed E-state index contributed by atoms with van der Waals surface area (Å²) in [5, 5.41) is 0. The predicted molar refractivity (Wildman–Crippen MR) is 72.9 cm³/mol. The Kier molecular flexibility index (Phi) is 3.61. The summed E-state index contributed by atoms with van der Waals surface area (Å²) < 4.78 is 25.3. The molecule has 1 aromatic rings. The van der Waals surface area contributed by atoms with Gasteiger partial charge in [-0.1, -0.05) is 0 Å². The van der Waals surface area contributed by atoms with Crippen LogP contribution in [0.4, 0.5) is 14.5 Å². The summed E-state index contributed by atoms with van der Waals surface area (Å²) in [7, 11) is 0. The van der Waals surface area contributed by atoms with Crippen molar-refractivity contribution in [1.29, 1.82) is 0 Å². The van der Waals surface area contributed by atoms with Gasteiger partial charge in [0.1, 0.15) is 5.82 Å². The zero-order chi connectivity index (χ0) is 15.0. The molecule has 2 saturated heterocycles. The van der Waals surface area contributed by atoms with Crippen molar-refractivity contribution >= 4 is 17.5 Å². The second-order valence-electron chi connectivity index (χ2n) is 5.65. The number of rotatable bonds is 3. The maximum absolute atomic E-state index is 12.9. The van der Waals surface area contributed by atoms with Crippen LogP contribution in [-0.4, -0.2) is 43.0 Å². The molecule has 0 saturated carbocycles. The third-order valence-corrected chi connectivity index (χ3v) is 4.10. The van der Waals surface area contributed by atoms with Gasteiger partial charge in [0, 0.05) is 37.7 Å². The van der Waals surface area contributed by atoms with Crippen molar-refractivity contribution in [2.45, 2.75) is 6.42 Å². The van der Waals surface area contributed by atoms with Crippen molar-refractivity contribution in [1.82, 2.24) is 4.90 Å². The highest BCUT2D eigenvalue weighted by Gasteiger charge is 2.40. The van der Waals surface area contributed by atoms with Crippen molar-refractivity contribution in [2.24, 2.45) is 11.8 Å². The fourth-order valence-electron chi connectivity index (χ4n) is 2.85. The van der Waals surface area contributed by atoms with Crippen LogP contribution in [0, 0.1) is 17.7 Å². The molecule has 2 aliphatic heterocycles. The Morgan fingerprint density at radius 2 is 1.86 bits per heavy atom. The highest BCUT2D eigenvalue weighted by Crippen LogP contribution is 2.28. The minimum atomic E-state index is -0.408. The lowest BCUT2D eigenvalue weighted by molar-refractivity contribution is -0.142. The van der Waals surface area contributed by atoms with Crippen LogP contribution in [0.2, 0.25) is 0 Å². The smallest absolute Gasteiger partial charge is 0.228 e. The average molecular weight is 294 g/mol. The van der Waals surface area contributed by atoms with Gasteiger partial charge in [-0.15, -0.1) is 0 Å². The number of hydrogen-bond donors (Lipinski definition) is 0. The van der Waals surface area contributed by atoms with E-state index in [-0.39, 0.29) is 35.9 Å². The lowest BCUT2D eigenvalue weighted by atomic mass is 9.98. The Morgan fingerprint density at radius 1 is 1.19 bits per heavy atom. The molecule has 1 atom stereocenters. The predicted octanol–water partition coefficient (Wildman–Crippen LogP) is 1.61. The second kappa shape index (κ2) is 5.42. The molecule has 21 heavy (non-hydrogen) atoms. The van der Waals surface area contributed by atoms with E-state index in [9.17, 15) is 18.4 Å². The van der Waals surface area contributed by atoms with Crippen LogP contribution in [0.25, 0.3) is 0 Å². The first kappa shape index (κ1) is 14.0. The van der Waals surface area contributed by atoms with Gasteiger partial charge in [-0.25, -0.2) is 4.39 Å². The molecule has 4 nitrogen and oxygen atoms in total. The molecule has 0 unspecified atom stereocenters. The number of alkyl halides is 1. The Balaban J connectivity index is 1.64. The Labute approximate surface area is 121 Å². The van der Waals surface area contributed by atoms with Gasteiger partial charge in [0.25, 0.3) is 0 Å². The molecule has 3 rings (SSSR count). The van der Waals surface area contributed by atoms with Gasteiger partial charge in [-0.3, -0.25) is 14.0 Å². The van der Waals surface area contributed by atoms with E-state index in [2.05, 4.69) is 0 Å². The molecular weight excluding hydrogens is 278 g/mol. The number of halogens is 2. The molecule has 0 aromatic heterocycles. The summed E-state index contributed by atoms with van der Waals surface area (Å²) in [5.74, 6) is -1.03. The fourth-order valence-corrected chi connectivity index (χ4v) is 2.85. The monoisotopic (exact) mass is 294 g/mol. The van der Waals surface area contributed by atoms with Gasteiger partial charge >= 0.3 is 0 Å². The highest BCUT2D eigenvalue weighted by atomic mass is 19.1. The number of anilines is 1. The van der Waals surface area contributed by atoms with Crippen LogP contribution >= 0.6 is 0 Å². The largest absolute Gasteiger partial charge is 0.342 e. The Morgan fingerprint density at radius 3 is 2.48 bits per heavy atom. The van der Waals surface area contributed by atoms with Crippen molar-refractivity contribution in [3.8, 4) is 0 Å². The molecule has 0 radical (unpaired) electrons. The first-order chi connectivity index (χ1) is 10.1. The summed E-state index contributed by atoms with van der Waals surface area (Å²) in [6.07, 6.45) is 0.160. The number of amides is 2. The second-order valence-corrected chi connectivity index (χ2v) is 5.65. The number of carbonyl (C=O) groups is 2. The molecule has 0 N–H and O–H groups in total. The number of benzene rings is 1. The summed E-state index contributed by atoms with van der Waals surface area (Å²) >= 11 is 0. The number of likely N-dealkylation sites (tertiary alicyclic amines) is 1. The first-order valence-electron chi connectivity index (χ1n) is 6.99. The summed E-state index contributed by atoms with van der Waals surface area (Å²) in [5.41, 5.74) is 0.599. The lowest BCUT2D eigenvalue weighted by Crippen LogP contribution is -2.53. The molecule has 112 valence electrons. The minimum absolute atomic E-state index is 0.0562. The highest BCUT2D eigenvalue weighted by molar-refractivity contribution is 6.00. The van der Waals surface area contributed by atoms with Crippen LogP contribution in [0.3, 0.4) is 0 Å². The van der Waals surface area contributed by atoms with Gasteiger partial charge in [-0.2, -0.15) is 0 Å². The van der Waals surface area contributed by atoms with E-state index in [4.69, 9.17) is 0 Å². The van der Waals surface area contributed by atoms with Gasteiger partial charge in [-0.05, 0) is 24.3 Å². The van der Waals surface area contributed by atoms with E-state index in [0.717, 1.165) is 0 Å². The third kappa shape index (κ3) is 2.62. The maximum atomic E-state index is 12.9. The standard InChI is InChI=1S/C15H16F2N2O2/c16-6-10-7-18(8-10)15(21)11-5-14(20)19(9-11)13-3-1-12(17)2-4-13/h1-4,10-11H,5-9H2/t11-/m1/s1. The Hall–Kier alpha value is -1.98. The molecule has 2 fully saturated rings. The molecule has 0 bridgehead atoms. The molecule has 0 spiro atoms.